The number of aromatic nitrogens is 2. The molecule has 7 rings (SSSR count). The molecule has 0 bridgehead atoms. The topological polar surface area (TPSA) is 25.8 Å². The minimum atomic E-state index is -1.76. The van der Waals surface area contributed by atoms with E-state index >= 15 is 0 Å². The quantitative estimate of drug-likeness (QED) is 0.267. The third-order valence-corrected chi connectivity index (χ3v) is 18.0. The van der Waals surface area contributed by atoms with Crippen LogP contribution in [0.1, 0.15) is 10.4 Å². The van der Waals surface area contributed by atoms with Crippen LogP contribution in [0.3, 0.4) is 0 Å². The van der Waals surface area contributed by atoms with Gasteiger partial charge in [-0.3, -0.25) is 0 Å². The average molecular weight is 517 g/mol. The minimum absolute atomic E-state index is 1.05. The second-order valence-corrected chi connectivity index (χ2v) is 22.0. The van der Waals surface area contributed by atoms with Gasteiger partial charge in [-0.2, -0.15) is 8.75 Å². The standard InChI is InChI=1S/C26H24N2S3Si2/c1-13-7-8-15(24-23(13)27-31-28-24)18-12-22-26(30-18)17-11-19-16(10-20(17)33(22,5)6)25-21(32(19,3)4)9-14(2)29-25/h7-12H,1-6H3. The number of thiophene rings is 2. The van der Waals surface area contributed by atoms with E-state index in [9.17, 15) is 0 Å². The summed E-state index contributed by atoms with van der Waals surface area (Å²) in [6.07, 6.45) is 0. The first kappa shape index (κ1) is 20.5. The number of hydrogen-bond acceptors (Lipinski definition) is 5. The van der Waals surface area contributed by atoms with Gasteiger partial charge in [0, 0.05) is 25.1 Å². The molecule has 5 heterocycles. The van der Waals surface area contributed by atoms with Crippen molar-refractivity contribution in [2.45, 2.75) is 40.0 Å². The normalized spacial score (nSPS) is 16.7. The third-order valence-electron chi connectivity index (χ3n) is 7.81. The summed E-state index contributed by atoms with van der Waals surface area (Å²) < 4.78 is 9.22. The first-order chi connectivity index (χ1) is 15.7. The van der Waals surface area contributed by atoms with Gasteiger partial charge in [0.1, 0.15) is 27.2 Å². The van der Waals surface area contributed by atoms with Crippen LogP contribution in [0.2, 0.25) is 26.2 Å². The molecule has 2 aromatic carbocycles. The van der Waals surface area contributed by atoms with Gasteiger partial charge in [0.15, 0.2) is 0 Å². The summed E-state index contributed by atoms with van der Waals surface area (Å²) in [5.74, 6) is 0. The Morgan fingerprint density at radius 1 is 0.636 bits per heavy atom. The highest BCUT2D eigenvalue weighted by molar-refractivity contribution is 7.24. The molecular weight excluding hydrogens is 493 g/mol. The van der Waals surface area contributed by atoms with E-state index in [1.807, 2.05) is 22.7 Å². The van der Waals surface area contributed by atoms with Crippen molar-refractivity contribution in [3.63, 3.8) is 0 Å². The van der Waals surface area contributed by atoms with Crippen molar-refractivity contribution < 1.29 is 0 Å². The molecule has 0 radical (unpaired) electrons. The van der Waals surface area contributed by atoms with Gasteiger partial charge in [0.25, 0.3) is 0 Å². The molecule has 0 fully saturated rings. The molecule has 0 aliphatic carbocycles. The van der Waals surface area contributed by atoms with Gasteiger partial charge >= 0.3 is 0 Å². The fraction of sp³-hybridized carbons (Fsp3) is 0.231. The Balaban J connectivity index is 1.46. The maximum Gasteiger partial charge on any atom is 0.115 e. The number of hydrogen-bond donors (Lipinski definition) is 0. The van der Waals surface area contributed by atoms with E-state index in [0.29, 0.717) is 0 Å². The van der Waals surface area contributed by atoms with Crippen LogP contribution < -0.4 is 20.7 Å². The second kappa shape index (κ2) is 6.40. The van der Waals surface area contributed by atoms with Crippen molar-refractivity contribution >= 4 is 82.3 Å². The second-order valence-electron chi connectivity index (χ2n) is 10.5. The lowest BCUT2D eigenvalue weighted by Gasteiger charge is -2.22. The van der Waals surface area contributed by atoms with Crippen LogP contribution in [0.15, 0.2) is 36.4 Å². The molecule has 0 N–H and O–H groups in total. The fourth-order valence-electron chi connectivity index (χ4n) is 5.86. The minimum Gasteiger partial charge on any atom is -0.173 e. The van der Waals surface area contributed by atoms with Crippen LogP contribution in [-0.4, -0.2) is 24.9 Å². The molecule has 0 atom stereocenters. The van der Waals surface area contributed by atoms with Crippen molar-refractivity contribution in [1.82, 2.24) is 8.75 Å². The molecule has 7 heteroatoms. The van der Waals surface area contributed by atoms with Gasteiger partial charge in [-0.05, 0) is 63.4 Å². The Morgan fingerprint density at radius 2 is 1.24 bits per heavy atom. The number of benzene rings is 2. The molecule has 0 amide bonds. The van der Waals surface area contributed by atoms with Crippen molar-refractivity contribution in [3.05, 3.63) is 46.8 Å². The van der Waals surface area contributed by atoms with E-state index < -0.39 is 16.1 Å². The lowest BCUT2D eigenvalue weighted by atomic mass is 10.1. The summed E-state index contributed by atoms with van der Waals surface area (Å²) in [6.45, 7) is 14.5. The van der Waals surface area contributed by atoms with Crippen molar-refractivity contribution in [2.75, 3.05) is 0 Å². The summed E-state index contributed by atoms with van der Waals surface area (Å²) in [4.78, 5) is 5.86. The number of nitrogens with zero attached hydrogens (tertiary/aromatic N) is 2. The summed E-state index contributed by atoms with van der Waals surface area (Å²) in [6, 6.07) is 14.6. The van der Waals surface area contributed by atoms with Gasteiger partial charge in [0.2, 0.25) is 0 Å². The Labute approximate surface area is 208 Å². The summed E-state index contributed by atoms with van der Waals surface area (Å²) in [5, 5.41) is 6.51. The molecule has 2 aliphatic rings. The van der Waals surface area contributed by atoms with Crippen LogP contribution in [0.4, 0.5) is 0 Å². The highest BCUT2D eigenvalue weighted by Crippen LogP contribution is 2.43. The number of rotatable bonds is 1. The smallest absolute Gasteiger partial charge is 0.115 e. The van der Waals surface area contributed by atoms with Crippen molar-refractivity contribution in [3.8, 4) is 31.3 Å². The van der Waals surface area contributed by atoms with E-state index in [4.69, 9.17) is 0 Å². The zero-order valence-corrected chi connectivity index (χ0v) is 24.0. The largest absolute Gasteiger partial charge is 0.173 e. The van der Waals surface area contributed by atoms with Gasteiger partial charge in [-0.25, -0.2) is 0 Å². The van der Waals surface area contributed by atoms with Gasteiger partial charge in [-0.1, -0.05) is 50.5 Å². The van der Waals surface area contributed by atoms with E-state index in [-0.39, 0.29) is 0 Å². The SMILES string of the molecule is Cc1cc2c(s1)-c1cc3c(cc1[Si]2(C)C)-c1sc(-c2ccc(C)c4nsnc24)cc1[Si]3(C)C. The predicted octanol–water partition coefficient (Wildman–Crippen LogP) is 5.70. The molecule has 2 nitrogen and oxygen atoms in total. The predicted molar refractivity (Wildman–Crippen MR) is 152 cm³/mol. The molecule has 5 aromatic rings. The molecule has 0 spiro atoms. The zero-order valence-electron chi connectivity index (χ0n) is 19.6. The van der Waals surface area contributed by atoms with Crippen LogP contribution in [0.25, 0.3) is 42.4 Å². The fourth-order valence-corrected chi connectivity index (χ4v) is 16.6. The van der Waals surface area contributed by atoms with Gasteiger partial charge in [-0.15, -0.1) is 22.7 Å². The van der Waals surface area contributed by atoms with Gasteiger partial charge in [0.05, 0.1) is 11.7 Å². The Bertz CT molecular complexity index is 1650. The van der Waals surface area contributed by atoms with Crippen LogP contribution in [0, 0.1) is 13.8 Å². The number of aryl methyl sites for hydroxylation is 2. The molecule has 164 valence electrons. The first-order valence-electron chi connectivity index (χ1n) is 11.3. The Hall–Kier alpha value is -1.91. The van der Waals surface area contributed by atoms with E-state index in [1.165, 1.54) is 43.0 Å². The monoisotopic (exact) mass is 516 g/mol. The third kappa shape index (κ3) is 2.52. The molecule has 2 aliphatic heterocycles. The molecular formula is C26H24N2S3Si2. The molecule has 33 heavy (non-hydrogen) atoms. The molecule has 0 saturated heterocycles. The maximum atomic E-state index is 4.66. The first-order valence-corrected chi connectivity index (χ1v) is 19.7. The molecule has 3 aromatic heterocycles. The summed E-state index contributed by atoms with van der Waals surface area (Å²) in [7, 11) is -3.41. The lowest BCUT2D eigenvalue weighted by molar-refractivity contribution is 1.48. The summed E-state index contributed by atoms with van der Waals surface area (Å²) >= 11 is 5.29. The average Bonchev–Trinajstić information content (AvgIpc) is 3.55. The highest BCUT2D eigenvalue weighted by atomic mass is 32.1. The molecule has 0 saturated carbocycles. The number of fused-ring (bicyclic) bond motifs is 7. The van der Waals surface area contributed by atoms with Crippen molar-refractivity contribution in [1.29, 1.82) is 0 Å². The van der Waals surface area contributed by atoms with Crippen molar-refractivity contribution in [2.24, 2.45) is 0 Å². The Morgan fingerprint density at radius 3 is 1.94 bits per heavy atom. The van der Waals surface area contributed by atoms with E-state index in [0.717, 1.165) is 11.0 Å². The van der Waals surface area contributed by atoms with E-state index in [1.54, 1.807) is 31.2 Å². The maximum absolute atomic E-state index is 4.66. The summed E-state index contributed by atoms with van der Waals surface area (Å²) in [5.41, 5.74) is 7.62. The Kier molecular flexibility index (Phi) is 3.97. The molecule has 0 unspecified atom stereocenters. The highest BCUT2D eigenvalue weighted by Gasteiger charge is 2.45. The van der Waals surface area contributed by atoms with Crippen LogP contribution >= 0.6 is 34.4 Å². The lowest BCUT2D eigenvalue weighted by Crippen LogP contribution is -2.51. The van der Waals surface area contributed by atoms with Crippen LogP contribution in [-0.2, 0) is 0 Å². The van der Waals surface area contributed by atoms with E-state index in [2.05, 4.69) is 85.2 Å². The zero-order chi connectivity index (χ0) is 22.9. The van der Waals surface area contributed by atoms with Gasteiger partial charge < -0.3 is 0 Å². The van der Waals surface area contributed by atoms with Crippen LogP contribution in [0.5, 0.6) is 0 Å².